The Kier molecular flexibility index (Phi) is 2.33. The number of hydrogen-bond donors (Lipinski definition) is 1. The van der Waals surface area contributed by atoms with Crippen LogP contribution in [-0.4, -0.2) is 11.3 Å². The first-order valence-corrected chi connectivity index (χ1v) is 3.39. The third kappa shape index (κ3) is 1.62. The van der Waals surface area contributed by atoms with Crippen LogP contribution in [0, 0.1) is 5.41 Å². The first kappa shape index (κ1) is 7.88. The third-order valence-corrected chi connectivity index (χ3v) is 1.50. The molecule has 1 aromatic carbocycles. The van der Waals surface area contributed by atoms with E-state index in [-0.39, 0.29) is 5.04 Å². The van der Waals surface area contributed by atoms with Crippen molar-refractivity contribution in [1.82, 2.24) is 0 Å². The third-order valence-electron chi connectivity index (χ3n) is 1.28. The van der Waals surface area contributed by atoms with E-state index in [0.717, 1.165) is 0 Å². The van der Waals surface area contributed by atoms with Crippen LogP contribution in [0.3, 0.4) is 0 Å². The highest BCUT2D eigenvalue weighted by Gasteiger charge is 2.02. The lowest BCUT2D eigenvalue weighted by Crippen LogP contribution is -1.95. The van der Waals surface area contributed by atoms with Crippen LogP contribution in [-0.2, 0) is 4.79 Å². The van der Waals surface area contributed by atoms with Crippen molar-refractivity contribution in [3.8, 4) is 0 Å². The first-order valence-electron chi connectivity index (χ1n) is 2.99. The molecule has 1 N–H and O–H groups in total. The maximum atomic E-state index is 10.3. The Morgan fingerprint density at radius 3 is 2.55 bits per heavy atom. The number of carbonyl (C=O) groups excluding carboxylic acids is 1. The number of hydrogen-bond acceptors (Lipinski definition) is 2. The van der Waals surface area contributed by atoms with Gasteiger partial charge in [0.1, 0.15) is 5.04 Å². The SMILES string of the molecule is N=C([S])c1ccccc1[C]=O. The van der Waals surface area contributed by atoms with Crippen LogP contribution < -0.4 is 0 Å². The summed E-state index contributed by atoms with van der Waals surface area (Å²) in [6.45, 7) is 0. The Balaban J connectivity index is 3.22. The van der Waals surface area contributed by atoms with Gasteiger partial charge in [0.25, 0.3) is 0 Å². The Morgan fingerprint density at radius 2 is 2.09 bits per heavy atom. The molecule has 0 fully saturated rings. The molecule has 11 heavy (non-hydrogen) atoms. The molecule has 0 saturated heterocycles. The highest BCUT2D eigenvalue weighted by molar-refractivity contribution is 7.97. The van der Waals surface area contributed by atoms with Gasteiger partial charge in [-0.25, -0.2) is 0 Å². The van der Waals surface area contributed by atoms with Gasteiger partial charge < -0.3 is 0 Å². The van der Waals surface area contributed by atoms with Crippen molar-refractivity contribution in [2.75, 3.05) is 0 Å². The van der Waals surface area contributed by atoms with E-state index in [1.165, 1.54) is 0 Å². The monoisotopic (exact) mass is 163 g/mol. The molecular formula is C8H5NOS. The lowest BCUT2D eigenvalue weighted by Gasteiger charge is -1.97. The summed E-state index contributed by atoms with van der Waals surface area (Å²) in [7, 11) is 0. The lowest BCUT2D eigenvalue weighted by atomic mass is 10.1. The molecule has 54 valence electrons. The second-order valence-electron chi connectivity index (χ2n) is 1.98. The summed E-state index contributed by atoms with van der Waals surface area (Å²) in [5.41, 5.74) is 0.824. The largest absolute Gasteiger partial charge is 0.289 e. The molecule has 0 unspecified atom stereocenters. The summed E-state index contributed by atoms with van der Waals surface area (Å²) in [5.74, 6) is 0. The molecule has 0 atom stereocenters. The van der Waals surface area contributed by atoms with Gasteiger partial charge in [-0.15, -0.1) is 0 Å². The molecule has 0 spiro atoms. The molecule has 0 saturated carbocycles. The van der Waals surface area contributed by atoms with Crippen LogP contribution >= 0.6 is 12.6 Å². The quantitative estimate of drug-likeness (QED) is 0.523. The summed E-state index contributed by atoms with van der Waals surface area (Å²) in [5, 5.41) is 7.09. The average molecular weight is 163 g/mol. The van der Waals surface area contributed by atoms with Crippen LogP contribution in [0.2, 0.25) is 0 Å². The van der Waals surface area contributed by atoms with E-state index in [1.807, 2.05) is 0 Å². The van der Waals surface area contributed by atoms with Crippen LogP contribution in [0.25, 0.3) is 0 Å². The van der Waals surface area contributed by atoms with E-state index in [4.69, 9.17) is 5.41 Å². The average Bonchev–Trinajstić information content (AvgIpc) is 2.04. The van der Waals surface area contributed by atoms with Gasteiger partial charge in [-0.05, 0) is 0 Å². The second kappa shape index (κ2) is 3.25. The predicted molar refractivity (Wildman–Crippen MR) is 45.7 cm³/mol. The summed E-state index contributed by atoms with van der Waals surface area (Å²) in [6, 6.07) is 6.66. The van der Waals surface area contributed by atoms with Gasteiger partial charge in [0, 0.05) is 11.1 Å². The molecule has 0 aliphatic rings. The van der Waals surface area contributed by atoms with Gasteiger partial charge in [-0.2, -0.15) is 0 Å². The summed E-state index contributed by atoms with van der Waals surface area (Å²) in [6.07, 6.45) is 1.72. The van der Waals surface area contributed by atoms with Crippen molar-refractivity contribution < 1.29 is 4.79 Å². The normalized spacial score (nSPS) is 9.09. The smallest absolute Gasteiger partial charge is 0.234 e. The van der Waals surface area contributed by atoms with Crippen molar-refractivity contribution in [2.24, 2.45) is 0 Å². The highest BCUT2D eigenvalue weighted by Crippen LogP contribution is 2.07. The topological polar surface area (TPSA) is 40.9 Å². The van der Waals surface area contributed by atoms with Gasteiger partial charge in [0.05, 0.1) is 0 Å². The van der Waals surface area contributed by atoms with Crippen LogP contribution in [0.1, 0.15) is 11.1 Å². The molecule has 2 nitrogen and oxygen atoms in total. The first-order chi connectivity index (χ1) is 5.25. The molecule has 1 rings (SSSR count). The van der Waals surface area contributed by atoms with Gasteiger partial charge in [-0.3, -0.25) is 10.2 Å². The summed E-state index contributed by atoms with van der Waals surface area (Å²) in [4.78, 5) is 10.3. The fourth-order valence-electron chi connectivity index (χ4n) is 0.770. The zero-order chi connectivity index (χ0) is 8.27. The van der Waals surface area contributed by atoms with Gasteiger partial charge in [0.2, 0.25) is 6.29 Å². The van der Waals surface area contributed by atoms with E-state index >= 15 is 0 Å². The van der Waals surface area contributed by atoms with Crippen molar-refractivity contribution in [3.63, 3.8) is 0 Å². The molecule has 1 aromatic rings. The molecule has 0 aromatic heterocycles. The van der Waals surface area contributed by atoms with Crippen molar-refractivity contribution in [1.29, 1.82) is 5.41 Å². The molecule has 0 bridgehead atoms. The summed E-state index contributed by atoms with van der Waals surface area (Å²) >= 11 is 4.60. The van der Waals surface area contributed by atoms with E-state index in [0.29, 0.717) is 11.1 Å². The van der Waals surface area contributed by atoms with Gasteiger partial charge >= 0.3 is 0 Å². The molecule has 0 aliphatic carbocycles. The number of nitrogens with one attached hydrogen (secondary N) is 1. The molecule has 2 radical (unpaired) electrons. The zero-order valence-electron chi connectivity index (χ0n) is 5.63. The maximum absolute atomic E-state index is 10.3. The van der Waals surface area contributed by atoms with Crippen molar-refractivity contribution >= 4 is 24.0 Å². The van der Waals surface area contributed by atoms with Crippen molar-refractivity contribution in [3.05, 3.63) is 35.4 Å². The predicted octanol–water partition coefficient (Wildman–Crippen LogP) is 1.67. The van der Waals surface area contributed by atoms with Crippen LogP contribution in [0.5, 0.6) is 0 Å². The van der Waals surface area contributed by atoms with E-state index in [2.05, 4.69) is 12.6 Å². The minimum atomic E-state index is -0.0241. The van der Waals surface area contributed by atoms with Gasteiger partial charge in [0.15, 0.2) is 0 Å². The second-order valence-corrected chi connectivity index (χ2v) is 2.39. The van der Waals surface area contributed by atoms with Gasteiger partial charge in [-0.1, -0.05) is 36.9 Å². The van der Waals surface area contributed by atoms with E-state index < -0.39 is 0 Å². The molecular weight excluding hydrogens is 158 g/mol. The molecule has 3 heteroatoms. The maximum Gasteiger partial charge on any atom is 0.234 e. The minimum absolute atomic E-state index is 0.0241. The number of benzene rings is 1. The lowest BCUT2D eigenvalue weighted by molar-refractivity contribution is 0.562. The summed E-state index contributed by atoms with van der Waals surface area (Å²) < 4.78 is 0. The Hall–Kier alpha value is -1.22. The molecule has 0 amide bonds. The van der Waals surface area contributed by atoms with E-state index in [9.17, 15) is 4.79 Å². The minimum Gasteiger partial charge on any atom is -0.289 e. The number of rotatable bonds is 2. The Labute approximate surface area is 70.2 Å². The van der Waals surface area contributed by atoms with Crippen molar-refractivity contribution in [2.45, 2.75) is 0 Å². The Bertz CT molecular complexity index is 296. The standard InChI is InChI=1S/C8H5NOS/c9-8(11)7-4-2-1-3-6(7)5-10/h1-4,9H. The highest BCUT2D eigenvalue weighted by atomic mass is 32.1. The fraction of sp³-hybridized carbons (Fsp3) is 0. The molecule has 0 aliphatic heterocycles. The zero-order valence-corrected chi connectivity index (χ0v) is 6.44. The Morgan fingerprint density at radius 1 is 1.45 bits per heavy atom. The van der Waals surface area contributed by atoms with Crippen LogP contribution in [0.4, 0.5) is 0 Å². The van der Waals surface area contributed by atoms with E-state index in [1.54, 1.807) is 30.6 Å². The molecule has 0 heterocycles. The van der Waals surface area contributed by atoms with Crippen LogP contribution in [0.15, 0.2) is 24.3 Å². The fourth-order valence-corrected chi connectivity index (χ4v) is 0.948.